The number of nitrogens with zero attached hydrogens (tertiary/aromatic N) is 2. The first-order valence-electron chi connectivity index (χ1n) is 14.1. The predicted molar refractivity (Wildman–Crippen MR) is 165 cm³/mol. The quantitative estimate of drug-likeness (QED) is 0.0929. The summed E-state index contributed by atoms with van der Waals surface area (Å²) in [5.74, 6) is 0.0125. The number of Topliss-reactive ketones (excluding diaryl/α,β-unsaturated/α-hetero) is 1. The van der Waals surface area contributed by atoms with Gasteiger partial charge in [-0.15, -0.1) is 0 Å². The molecule has 3 heterocycles. The van der Waals surface area contributed by atoms with Crippen LogP contribution in [0.25, 0.3) is 16.0 Å². The van der Waals surface area contributed by atoms with Crippen LogP contribution in [0.3, 0.4) is 0 Å². The van der Waals surface area contributed by atoms with Crippen LogP contribution in [0.4, 0.5) is 5.13 Å². The second-order valence-electron chi connectivity index (χ2n) is 9.98. The highest BCUT2D eigenvalue weighted by molar-refractivity contribution is 7.22. The molecule has 9 nitrogen and oxygen atoms in total. The molecule has 43 heavy (non-hydrogen) atoms. The lowest BCUT2D eigenvalue weighted by Crippen LogP contribution is -2.29. The number of halogens is 1. The standard InChI is InChI=1S/C32H29ClN2O7S/c1-3-5-12-40-22-10-6-18(15-24(22)39-4-2)28-27(29(36)19-7-11-23-25(16-19)42-14-13-41-23)30(37)31(38)35(28)32-34-21-9-8-20(33)17-26(21)43-32/h6-11,15-17,28,36H,3-5,12-14H2,1-2H3/t28-/m0/s1. The highest BCUT2D eigenvalue weighted by Gasteiger charge is 2.48. The molecule has 1 aromatic heterocycles. The lowest BCUT2D eigenvalue weighted by atomic mass is 9.95. The Morgan fingerprint density at radius 1 is 1.02 bits per heavy atom. The summed E-state index contributed by atoms with van der Waals surface area (Å²) in [4.78, 5) is 33.5. The van der Waals surface area contributed by atoms with Crippen LogP contribution in [0, 0.1) is 0 Å². The number of aromatic nitrogens is 1. The number of rotatable bonds is 9. The first-order valence-corrected chi connectivity index (χ1v) is 15.3. The van der Waals surface area contributed by atoms with Crippen molar-refractivity contribution in [3.05, 3.63) is 76.3 Å². The number of unbranched alkanes of at least 4 members (excludes halogenated alkanes) is 1. The largest absolute Gasteiger partial charge is 0.507 e. The van der Waals surface area contributed by atoms with Crippen molar-refractivity contribution >= 4 is 55.7 Å². The summed E-state index contributed by atoms with van der Waals surface area (Å²) in [5.41, 5.74) is 1.40. The Bertz CT molecular complexity index is 1750. The van der Waals surface area contributed by atoms with Gasteiger partial charge in [0.2, 0.25) is 0 Å². The summed E-state index contributed by atoms with van der Waals surface area (Å²) in [6.07, 6.45) is 1.86. The molecule has 1 atom stereocenters. The number of amides is 1. The number of aliphatic hydroxyl groups is 1. The smallest absolute Gasteiger partial charge is 0.301 e. The van der Waals surface area contributed by atoms with Gasteiger partial charge in [-0.25, -0.2) is 4.98 Å². The summed E-state index contributed by atoms with van der Waals surface area (Å²) in [5, 5.41) is 12.5. The second-order valence-corrected chi connectivity index (χ2v) is 11.4. The number of ether oxygens (including phenoxy) is 4. The van der Waals surface area contributed by atoms with Crippen LogP contribution in [-0.4, -0.2) is 48.2 Å². The number of hydrogen-bond acceptors (Lipinski definition) is 9. The molecule has 0 bridgehead atoms. The molecule has 0 radical (unpaired) electrons. The topological polar surface area (TPSA) is 107 Å². The van der Waals surface area contributed by atoms with Crippen LogP contribution >= 0.6 is 22.9 Å². The molecule has 0 unspecified atom stereocenters. The van der Waals surface area contributed by atoms with E-state index in [2.05, 4.69) is 11.9 Å². The molecular weight excluding hydrogens is 592 g/mol. The first kappa shape index (κ1) is 28.8. The van der Waals surface area contributed by atoms with Crippen LogP contribution in [0.15, 0.2) is 60.2 Å². The zero-order valence-electron chi connectivity index (χ0n) is 23.6. The highest BCUT2D eigenvalue weighted by atomic mass is 35.5. The summed E-state index contributed by atoms with van der Waals surface area (Å²) < 4.78 is 23.9. The highest BCUT2D eigenvalue weighted by Crippen LogP contribution is 2.46. The van der Waals surface area contributed by atoms with Gasteiger partial charge in [-0.3, -0.25) is 14.5 Å². The van der Waals surface area contributed by atoms with E-state index >= 15 is 0 Å². The van der Waals surface area contributed by atoms with Gasteiger partial charge in [-0.2, -0.15) is 0 Å². The molecule has 0 spiro atoms. The Morgan fingerprint density at radius 2 is 1.84 bits per heavy atom. The fourth-order valence-electron chi connectivity index (χ4n) is 5.09. The summed E-state index contributed by atoms with van der Waals surface area (Å²) in [6, 6.07) is 14.4. The van der Waals surface area contributed by atoms with Crippen molar-refractivity contribution in [3.63, 3.8) is 0 Å². The third-order valence-corrected chi connectivity index (χ3v) is 8.40. The van der Waals surface area contributed by atoms with E-state index in [9.17, 15) is 14.7 Å². The molecule has 4 aromatic rings. The first-order chi connectivity index (χ1) is 20.9. The van der Waals surface area contributed by atoms with Gasteiger partial charge in [-0.1, -0.05) is 42.3 Å². The molecule has 2 aliphatic heterocycles. The van der Waals surface area contributed by atoms with Gasteiger partial charge in [-0.05, 0) is 67.4 Å². The molecule has 1 N–H and O–H groups in total. The van der Waals surface area contributed by atoms with E-state index in [0.717, 1.165) is 17.5 Å². The van der Waals surface area contributed by atoms with Gasteiger partial charge in [0, 0.05) is 10.6 Å². The summed E-state index contributed by atoms with van der Waals surface area (Å²) in [7, 11) is 0. The zero-order chi connectivity index (χ0) is 30.1. The molecule has 1 fully saturated rings. The lowest BCUT2D eigenvalue weighted by Gasteiger charge is -2.24. The fourth-order valence-corrected chi connectivity index (χ4v) is 6.36. The van der Waals surface area contributed by atoms with E-state index in [1.165, 1.54) is 16.2 Å². The van der Waals surface area contributed by atoms with Gasteiger partial charge < -0.3 is 24.1 Å². The second kappa shape index (κ2) is 12.1. The molecule has 6 rings (SSSR count). The SMILES string of the molecule is CCCCOc1ccc([C@H]2C(=C(O)c3ccc4c(c3)OCCO4)C(=O)C(=O)N2c2nc3ccc(Cl)cc3s2)cc1OCC. The Hall–Kier alpha value is -4.28. The number of carbonyl (C=O) groups excluding carboxylic acids is 2. The minimum atomic E-state index is -1.01. The predicted octanol–water partition coefficient (Wildman–Crippen LogP) is 6.92. The minimum Gasteiger partial charge on any atom is -0.507 e. The van der Waals surface area contributed by atoms with Crippen molar-refractivity contribution in [2.75, 3.05) is 31.3 Å². The minimum absolute atomic E-state index is 0.0823. The molecule has 1 amide bonds. The molecular formula is C32H29ClN2O7S. The van der Waals surface area contributed by atoms with E-state index in [1.54, 1.807) is 54.6 Å². The molecule has 0 aliphatic carbocycles. The molecule has 3 aromatic carbocycles. The fraction of sp³-hybridized carbons (Fsp3) is 0.281. The van der Waals surface area contributed by atoms with E-state index in [0.29, 0.717) is 76.2 Å². The Labute approximate surface area is 257 Å². The third-order valence-electron chi connectivity index (χ3n) is 7.14. The van der Waals surface area contributed by atoms with E-state index in [1.807, 2.05) is 6.92 Å². The average molecular weight is 621 g/mol. The summed E-state index contributed by atoms with van der Waals surface area (Å²) >= 11 is 7.45. The molecule has 11 heteroatoms. The van der Waals surface area contributed by atoms with Gasteiger partial charge in [0.1, 0.15) is 19.0 Å². The number of anilines is 1. The molecule has 222 valence electrons. The number of carbonyl (C=O) groups is 2. The van der Waals surface area contributed by atoms with Crippen LogP contribution in [-0.2, 0) is 9.59 Å². The van der Waals surface area contributed by atoms with Crippen molar-refractivity contribution in [2.24, 2.45) is 0 Å². The van der Waals surface area contributed by atoms with Crippen LogP contribution in [0.2, 0.25) is 5.02 Å². The Balaban J connectivity index is 1.51. The Morgan fingerprint density at radius 3 is 2.63 bits per heavy atom. The van der Waals surface area contributed by atoms with Gasteiger partial charge >= 0.3 is 5.91 Å². The number of fused-ring (bicyclic) bond motifs is 2. The van der Waals surface area contributed by atoms with Crippen molar-refractivity contribution in [1.29, 1.82) is 0 Å². The van der Waals surface area contributed by atoms with Crippen LogP contribution in [0.1, 0.15) is 43.9 Å². The maximum absolute atomic E-state index is 13.7. The number of ketones is 1. The van der Waals surface area contributed by atoms with Crippen molar-refractivity contribution in [1.82, 2.24) is 4.98 Å². The lowest BCUT2D eigenvalue weighted by molar-refractivity contribution is -0.132. The molecule has 0 saturated carbocycles. The number of hydrogen-bond donors (Lipinski definition) is 1. The number of thiazole rings is 1. The van der Waals surface area contributed by atoms with Crippen LogP contribution < -0.4 is 23.8 Å². The van der Waals surface area contributed by atoms with Gasteiger partial charge in [0.15, 0.2) is 28.1 Å². The maximum atomic E-state index is 13.7. The Kier molecular flexibility index (Phi) is 8.14. The van der Waals surface area contributed by atoms with Gasteiger partial charge in [0.05, 0.1) is 35.0 Å². The van der Waals surface area contributed by atoms with Crippen LogP contribution in [0.5, 0.6) is 23.0 Å². The number of benzene rings is 3. The maximum Gasteiger partial charge on any atom is 0.301 e. The monoisotopic (exact) mass is 620 g/mol. The van der Waals surface area contributed by atoms with Crippen molar-refractivity contribution < 1.29 is 33.6 Å². The zero-order valence-corrected chi connectivity index (χ0v) is 25.2. The number of aliphatic hydroxyl groups excluding tert-OH is 1. The van der Waals surface area contributed by atoms with E-state index in [4.69, 9.17) is 30.5 Å². The molecule has 1 saturated heterocycles. The van der Waals surface area contributed by atoms with E-state index in [-0.39, 0.29) is 11.3 Å². The third kappa shape index (κ3) is 5.48. The summed E-state index contributed by atoms with van der Waals surface area (Å²) in [6.45, 7) is 5.61. The van der Waals surface area contributed by atoms with Crippen molar-refractivity contribution in [3.8, 4) is 23.0 Å². The normalized spacial score (nSPS) is 17.5. The average Bonchev–Trinajstić information content (AvgIpc) is 3.54. The van der Waals surface area contributed by atoms with E-state index < -0.39 is 17.7 Å². The van der Waals surface area contributed by atoms with Crippen molar-refractivity contribution in [2.45, 2.75) is 32.7 Å². The molecule has 2 aliphatic rings. The van der Waals surface area contributed by atoms with Gasteiger partial charge in [0.25, 0.3) is 5.78 Å².